The van der Waals surface area contributed by atoms with Gasteiger partial charge in [-0.25, -0.2) is 0 Å². The average molecular weight is 347 g/mol. The lowest BCUT2D eigenvalue weighted by atomic mass is 9.94. The standard InChI is InChI=1S/C19H29N3O3/c1-19(2,3)18(24)20-14-9-11-22(12-10-14)13-17(23)21-15-7-5-6-8-16(15)25-4/h5-8,14H,9-13H2,1-4H3,(H,20,24)(H,21,23). The number of rotatable bonds is 5. The number of likely N-dealkylation sites (tertiary alicyclic amines) is 1. The van der Waals surface area contributed by atoms with Gasteiger partial charge in [-0.1, -0.05) is 32.9 Å². The summed E-state index contributed by atoms with van der Waals surface area (Å²) in [6.45, 7) is 7.69. The fourth-order valence-electron chi connectivity index (χ4n) is 2.78. The molecule has 25 heavy (non-hydrogen) atoms. The molecular formula is C19H29N3O3. The Balaban J connectivity index is 1.78. The highest BCUT2D eigenvalue weighted by Crippen LogP contribution is 2.23. The van der Waals surface area contributed by atoms with Crippen molar-refractivity contribution in [1.82, 2.24) is 10.2 Å². The Labute approximate surface area is 149 Å². The number of ether oxygens (including phenoxy) is 1. The number of anilines is 1. The first kappa shape index (κ1) is 19.2. The molecule has 2 amide bonds. The highest BCUT2D eigenvalue weighted by Gasteiger charge is 2.27. The van der Waals surface area contributed by atoms with Crippen LogP contribution in [-0.4, -0.2) is 49.5 Å². The third kappa shape index (κ3) is 5.74. The summed E-state index contributed by atoms with van der Waals surface area (Å²) in [5, 5.41) is 6.00. The van der Waals surface area contributed by atoms with Crippen molar-refractivity contribution in [3.63, 3.8) is 0 Å². The van der Waals surface area contributed by atoms with Crippen LogP contribution in [0.5, 0.6) is 5.75 Å². The molecule has 1 saturated heterocycles. The van der Waals surface area contributed by atoms with E-state index in [-0.39, 0.29) is 23.3 Å². The molecule has 6 heteroatoms. The monoisotopic (exact) mass is 347 g/mol. The van der Waals surface area contributed by atoms with Crippen molar-refractivity contribution in [1.29, 1.82) is 0 Å². The van der Waals surface area contributed by atoms with Gasteiger partial charge in [0, 0.05) is 24.5 Å². The molecule has 2 N–H and O–H groups in total. The maximum atomic E-state index is 12.3. The lowest BCUT2D eigenvalue weighted by molar-refractivity contribution is -0.129. The van der Waals surface area contributed by atoms with Crippen molar-refractivity contribution in [3.8, 4) is 5.75 Å². The third-order valence-corrected chi connectivity index (χ3v) is 4.35. The van der Waals surface area contributed by atoms with Crippen molar-refractivity contribution in [2.24, 2.45) is 5.41 Å². The summed E-state index contributed by atoms with van der Waals surface area (Å²) < 4.78 is 5.25. The number of methoxy groups -OCH3 is 1. The van der Waals surface area contributed by atoms with Crippen LogP contribution < -0.4 is 15.4 Å². The molecule has 0 radical (unpaired) electrons. The average Bonchev–Trinajstić information content (AvgIpc) is 2.56. The number of amides is 2. The maximum absolute atomic E-state index is 12.3. The number of carbonyl (C=O) groups is 2. The molecule has 0 bridgehead atoms. The summed E-state index contributed by atoms with van der Waals surface area (Å²) >= 11 is 0. The van der Waals surface area contributed by atoms with Gasteiger partial charge < -0.3 is 15.4 Å². The third-order valence-electron chi connectivity index (χ3n) is 4.35. The van der Waals surface area contributed by atoms with Gasteiger partial charge >= 0.3 is 0 Å². The molecule has 0 aliphatic carbocycles. The van der Waals surface area contributed by atoms with Crippen LogP contribution in [0.1, 0.15) is 33.6 Å². The first-order valence-corrected chi connectivity index (χ1v) is 8.76. The summed E-state index contributed by atoms with van der Waals surface area (Å²) in [6.07, 6.45) is 1.73. The van der Waals surface area contributed by atoms with E-state index in [0.717, 1.165) is 25.9 Å². The Bertz CT molecular complexity index is 602. The van der Waals surface area contributed by atoms with E-state index in [1.54, 1.807) is 7.11 Å². The van der Waals surface area contributed by atoms with Gasteiger partial charge in [-0.3, -0.25) is 14.5 Å². The summed E-state index contributed by atoms with van der Waals surface area (Å²) in [6, 6.07) is 7.57. The van der Waals surface area contributed by atoms with Gasteiger partial charge in [0.25, 0.3) is 0 Å². The van der Waals surface area contributed by atoms with Crippen LogP contribution in [0.25, 0.3) is 0 Å². The normalized spacial score (nSPS) is 16.3. The highest BCUT2D eigenvalue weighted by atomic mass is 16.5. The van der Waals surface area contributed by atoms with Gasteiger partial charge in [-0.2, -0.15) is 0 Å². The topological polar surface area (TPSA) is 70.7 Å². The molecule has 1 aromatic carbocycles. The van der Waals surface area contributed by atoms with Gasteiger partial charge in [0.2, 0.25) is 11.8 Å². The predicted molar refractivity (Wildman–Crippen MR) is 98.7 cm³/mol. The molecule has 0 saturated carbocycles. The van der Waals surface area contributed by atoms with E-state index >= 15 is 0 Å². The minimum absolute atomic E-state index is 0.0540. The molecule has 1 heterocycles. The number of carbonyl (C=O) groups excluding carboxylic acids is 2. The van der Waals surface area contributed by atoms with Crippen molar-refractivity contribution < 1.29 is 14.3 Å². The number of nitrogens with one attached hydrogen (secondary N) is 2. The second-order valence-corrected chi connectivity index (χ2v) is 7.52. The van der Waals surface area contributed by atoms with Gasteiger partial charge in [0.15, 0.2) is 0 Å². The Morgan fingerprint density at radius 3 is 2.44 bits per heavy atom. The Hall–Kier alpha value is -2.08. The van der Waals surface area contributed by atoms with E-state index in [1.807, 2.05) is 45.0 Å². The number of hydrogen-bond acceptors (Lipinski definition) is 4. The molecule has 1 aliphatic rings. The molecule has 0 aromatic heterocycles. The quantitative estimate of drug-likeness (QED) is 0.857. The Morgan fingerprint density at radius 2 is 1.84 bits per heavy atom. The van der Waals surface area contributed by atoms with E-state index in [9.17, 15) is 9.59 Å². The first-order chi connectivity index (χ1) is 11.8. The number of benzene rings is 1. The smallest absolute Gasteiger partial charge is 0.238 e. The van der Waals surface area contributed by atoms with Gasteiger partial charge in [-0.15, -0.1) is 0 Å². The minimum atomic E-state index is -0.369. The van der Waals surface area contributed by atoms with Crippen LogP contribution in [0.3, 0.4) is 0 Å². The second kappa shape index (κ2) is 8.34. The SMILES string of the molecule is COc1ccccc1NC(=O)CN1CCC(NC(=O)C(C)(C)C)CC1. The molecule has 1 aliphatic heterocycles. The van der Waals surface area contributed by atoms with Crippen LogP contribution in [0.4, 0.5) is 5.69 Å². The Morgan fingerprint density at radius 1 is 1.20 bits per heavy atom. The van der Waals surface area contributed by atoms with Crippen LogP contribution in [0.15, 0.2) is 24.3 Å². The summed E-state index contributed by atoms with van der Waals surface area (Å²) in [4.78, 5) is 26.4. The van der Waals surface area contributed by atoms with Gasteiger partial charge in [0.1, 0.15) is 5.75 Å². The zero-order valence-corrected chi connectivity index (χ0v) is 15.6. The minimum Gasteiger partial charge on any atom is -0.495 e. The van der Waals surface area contributed by atoms with Crippen LogP contribution in [0, 0.1) is 5.41 Å². The number of para-hydroxylation sites is 2. The maximum Gasteiger partial charge on any atom is 0.238 e. The molecule has 0 unspecified atom stereocenters. The van der Waals surface area contributed by atoms with Gasteiger partial charge in [0.05, 0.1) is 19.3 Å². The fourth-order valence-corrected chi connectivity index (χ4v) is 2.78. The van der Waals surface area contributed by atoms with Crippen molar-refractivity contribution in [3.05, 3.63) is 24.3 Å². The van der Waals surface area contributed by atoms with E-state index in [4.69, 9.17) is 4.74 Å². The van der Waals surface area contributed by atoms with Crippen molar-refractivity contribution in [2.75, 3.05) is 32.1 Å². The zero-order valence-electron chi connectivity index (χ0n) is 15.6. The van der Waals surface area contributed by atoms with Crippen molar-refractivity contribution in [2.45, 2.75) is 39.7 Å². The van der Waals surface area contributed by atoms with E-state index in [2.05, 4.69) is 15.5 Å². The predicted octanol–water partition coefficient (Wildman–Crippen LogP) is 2.26. The second-order valence-electron chi connectivity index (χ2n) is 7.52. The molecule has 6 nitrogen and oxygen atoms in total. The highest BCUT2D eigenvalue weighted by molar-refractivity contribution is 5.93. The van der Waals surface area contributed by atoms with E-state index < -0.39 is 0 Å². The summed E-state index contributed by atoms with van der Waals surface area (Å²) in [5.74, 6) is 0.681. The molecule has 1 fully saturated rings. The summed E-state index contributed by atoms with van der Waals surface area (Å²) in [5.41, 5.74) is 0.313. The largest absolute Gasteiger partial charge is 0.495 e. The molecule has 1 aromatic rings. The van der Waals surface area contributed by atoms with Crippen LogP contribution in [0.2, 0.25) is 0 Å². The van der Waals surface area contributed by atoms with E-state index in [1.165, 1.54) is 0 Å². The Kier molecular flexibility index (Phi) is 6.42. The van der Waals surface area contributed by atoms with Crippen LogP contribution >= 0.6 is 0 Å². The molecular weight excluding hydrogens is 318 g/mol. The van der Waals surface area contributed by atoms with Crippen molar-refractivity contribution >= 4 is 17.5 Å². The lowest BCUT2D eigenvalue weighted by Crippen LogP contribution is -2.48. The van der Waals surface area contributed by atoms with Gasteiger partial charge in [-0.05, 0) is 25.0 Å². The summed E-state index contributed by atoms with van der Waals surface area (Å²) in [7, 11) is 1.58. The molecule has 0 atom stereocenters. The zero-order chi connectivity index (χ0) is 18.4. The fraction of sp³-hybridized carbons (Fsp3) is 0.579. The van der Waals surface area contributed by atoms with E-state index in [0.29, 0.717) is 18.0 Å². The number of piperidine rings is 1. The number of nitrogens with zero attached hydrogens (tertiary/aromatic N) is 1. The first-order valence-electron chi connectivity index (χ1n) is 8.76. The molecule has 2 rings (SSSR count). The van der Waals surface area contributed by atoms with Crippen LogP contribution in [-0.2, 0) is 9.59 Å². The molecule has 138 valence electrons. The number of hydrogen-bond donors (Lipinski definition) is 2. The lowest BCUT2D eigenvalue weighted by Gasteiger charge is -2.33. The molecule has 0 spiro atoms.